The SMILES string of the molecule is N#Cc1cccc(-c2ccc(C=Nc3ccc(F)cc3)cc2)c1. The van der Waals surface area contributed by atoms with Crippen LogP contribution in [0.1, 0.15) is 11.1 Å². The van der Waals surface area contributed by atoms with Crippen LogP contribution in [0.5, 0.6) is 0 Å². The molecule has 23 heavy (non-hydrogen) atoms. The topological polar surface area (TPSA) is 36.1 Å². The summed E-state index contributed by atoms with van der Waals surface area (Å²) in [6, 6.07) is 23.6. The second kappa shape index (κ2) is 6.67. The number of nitrogens with zero attached hydrogens (tertiary/aromatic N) is 2. The van der Waals surface area contributed by atoms with Gasteiger partial charge in [-0.25, -0.2) is 4.39 Å². The van der Waals surface area contributed by atoms with Crippen molar-refractivity contribution in [2.45, 2.75) is 0 Å². The van der Waals surface area contributed by atoms with Gasteiger partial charge in [0.1, 0.15) is 5.82 Å². The third kappa shape index (κ3) is 3.69. The maximum atomic E-state index is 12.8. The van der Waals surface area contributed by atoms with Gasteiger partial charge in [-0.15, -0.1) is 0 Å². The Labute approximate surface area is 134 Å². The highest BCUT2D eigenvalue weighted by Crippen LogP contribution is 2.21. The molecule has 0 aliphatic carbocycles. The van der Waals surface area contributed by atoms with Crippen molar-refractivity contribution in [2.75, 3.05) is 0 Å². The zero-order valence-corrected chi connectivity index (χ0v) is 12.3. The Morgan fingerprint density at radius 1 is 0.870 bits per heavy atom. The van der Waals surface area contributed by atoms with Crippen LogP contribution in [0.25, 0.3) is 11.1 Å². The minimum absolute atomic E-state index is 0.270. The van der Waals surface area contributed by atoms with Crippen LogP contribution < -0.4 is 0 Å². The van der Waals surface area contributed by atoms with E-state index in [0.717, 1.165) is 16.7 Å². The van der Waals surface area contributed by atoms with E-state index < -0.39 is 0 Å². The molecule has 0 fully saturated rings. The molecule has 3 aromatic rings. The van der Waals surface area contributed by atoms with Crippen LogP contribution in [0, 0.1) is 17.1 Å². The molecular formula is C20H13FN2. The molecule has 0 atom stereocenters. The van der Waals surface area contributed by atoms with Crippen molar-refractivity contribution >= 4 is 11.9 Å². The van der Waals surface area contributed by atoms with E-state index in [1.54, 1.807) is 24.4 Å². The monoisotopic (exact) mass is 300 g/mol. The molecule has 3 heteroatoms. The Morgan fingerprint density at radius 2 is 1.61 bits per heavy atom. The summed E-state index contributed by atoms with van der Waals surface area (Å²) in [6.45, 7) is 0. The summed E-state index contributed by atoms with van der Waals surface area (Å²) >= 11 is 0. The zero-order chi connectivity index (χ0) is 16.1. The fourth-order valence-corrected chi connectivity index (χ4v) is 2.21. The molecule has 0 N–H and O–H groups in total. The van der Waals surface area contributed by atoms with Gasteiger partial charge < -0.3 is 0 Å². The van der Waals surface area contributed by atoms with E-state index in [0.29, 0.717) is 11.3 Å². The molecule has 0 aliphatic rings. The summed E-state index contributed by atoms with van der Waals surface area (Å²) in [7, 11) is 0. The van der Waals surface area contributed by atoms with E-state index in [-0.39, 0.29) is 5.82 Å². The lowest BCUT2D eigenvalue weighted by Gasteiger charge is -2.02. The van der Waals surface area contributed by atoms with Gasteiger partial charge >= 0.3 is 0 Å². The van der Waals surface area contributed by atoms with Crippen molar-refractivity contribution in [1.29, 1.82) is 5.26 Å². The molecule has 0 aliphatic heterocycles. The van der Waals surface area contributed by atoms with Crippen LogP contribution in [0.3, 0.4) is 0 Å². The summed E-state index contributed by atoms with van der Waals surface area (Å²) in [5.41, 5.74) is 4.35. The maximum Gasteiger partial charge on any atom is 0.123 e. The van der Waals surface area contributed by atoms with E-state index in [1.165, 1.54) is 12.1 Å². The third-order valence-electron chi connectivity index (χ3n) is 3.43. The van der Waals surface area contributed by atoms with E-state index in [4.69, 9.17) is 5.26 Å². The van der Waals surface area contributed by atoms with Crippen molar-refractivity contribution in [3.8, 4) is 17.2 Å². The van der Waals surface area contributed by atoms with Gasteiger partial charge in [0.05, 0.1) is 17.3 Å². The lowest BCUT2D eigenvalue weighted by Crippen LogP contribution is -1.83. The second-order valence-corrected chi connectivity index (χ2v) is 5.05. The van der Waals surface area contributed by atoms with Gasteiger partial charge in [0.2, 0.25) is 0 Å². The average molecular weight is 300 g/mol. The Morgan fingerprint density at radius 3 is 2.30 bits per heavy atom. The summed E-state index contributed by atoms with van der Waals surface area (Å²) in [5.74, 6) is -0.270. The number of benzene rings is 3. The van der Waals surface area contributed by atoms with Gasteiger partial charge in [0, 0.05) is 6.21 Å². The molecule has 110 valence electrons. The predicted octanol–water partition coefficient (Wildman–Crippen LogP) is 5.11. The number of aliphatic imine (C=N–C) groups is 1. The van der Waals surface area contributed by atoms with Crippen LogP contribution in [-0.2, 0) is 0 Å². The standard InChI is InChI=1S/C20H13FN2/c21-19-8-10-20(11-9-19)23-14-15-4-6-17(7-5-15)18-3-1-2-16(12-18)13-22/h1-12,14H. The fraction of sp³-hybridized carbons (Fsp3) is 0. The molecule has 2 nitrogen and oxygen atoms in total. The quantitative estimate of drug-likeness (QED) is 0.619. The Hall–Kier alpha value is -3.25. The van der Waals surface area contributed by atoms with Crippen LogP contribution in [0.15, 0.2) is 77.8 Å². The van der Waals surface area contributed by atoms with Gasteiger partial charge in [-0.2, -0.15) is 5.26 Å². The summed E-state index contributed by atoms with van der Waals surface area (Å²) in [6.07, 6.45) is 1.74. The molecule has 0 unspecified atom stereocenters. The number of rotatable bonds is 3. The molecule has 0 bridgehead atoms. The molecule has 0 aromatic heterocycles. The number of nitriles is 1. The second-order valence-electron chi connectivity index (χ2n) is 5.05. The first kappa shape index (κ1) is 14.7. The molecule has 0 spiro atoms. The number of halogens is 1. The Kier molecular flexibility index (Phi) is 4.26. The van der Waals surface area contributed by atoms with Crippen molar-refractivity contribution < 1.29 is 4.39 Å². The molecule has 0 radical (unpaired) electrons. The van der Waals surface area contributed by atoms with Crippen molar-refractivity contribution in [3.05, 3.63) is 89.7 Å². The summed E-state index contributed by atoms with van der Waals surface area (Å²) < 4.78 is 12.8. The van der Waals surface area contributed by atoms with Crippen LogP contribution in [0.2, 0.25) is 0 Å². The molecule has 0 saturated carbocycles. The molecule has 3 rings (SSSR count). The van der Waals surface area contributed by atoms with Crippen LogP contribution >= 0.6 is 0 Å². The number of hydrogen-bond donors (Lipinski definition) is 0. The third-order valence-corrected chi connectivity index (χ3v) is 3.43. The molecule has 0 heterocycles. The van der Waals surface area contributed by atoms with Gasteiger partial charge in [0.25, 0.3) is 0 Å². The summed E-state index contributed by atoms with van der Waals surface area (Å²) in [5, 5.41) is 8.96. The fourth-order valence-electron chi connectivity index (χ4n) is 2.21. The highest BCUT2D eigenvalue weighted by molar-refractivity contribution is 5.83. The first-order valence-corrected chi connectivity index (χ1v) is 7.15. The van der Waals surface area contributed by atoms with Gasteiger partial charge in [-0.05, 0) is 53.1 Å². The molecule has 0 saturated heterocycles. The Balaban J connectivity index is 1.79. The highest BCUT2D eigenvalue weighted by atomic mass is 19.1. The minimum Gasteiger partial charge on any atom is -0.256 e. The van der Waals surface area contributed by atoms with E-state index >= 15 is 0 Å². The molecular weight excluding hydrogens is 287 g/mol. The zero-order valence-electron chi connectivity index (χ0n) is 12.3. The number of hydrogen-bond acceptors (Lipinski definition) is 2. The van der Waals surface area contributed by atoms with Crippen LogP contribution in [-0.4, -0.2) is 6.21 Å². The summed E-state index contributed by atoms with van der Waals surface area (Å²) in [4.78, 5) is 4.31. The van der Waals surface area contributed by atoms with Crippen LogP contribution in [0.4, 0.5) is 10.1 Å². The molecule has 0 amide bonds. The normalized spacial score (nSPS) is 10.6. The maximum absolute atomic E-state index is 12.8. The van der Waals surface area contributed by atoms with E-state index in [9.17, 15) is 4.39 Å². The Bertz CT molecular complexity index is 873. The minimum atomic E-state index is -0.270. The first-order chi connectivity index (χ1) is 11.2. The lowest BCUT2D eigenvalue weighted by molar-refractivity contribution is 0.628. The smallest absolute Gasteiger partial charge is 0.123 e. The van der Waals surface area contributed by atoms with Gasteiger partial charge in [0.15, 0.2) is 0 Å². The van der Waals surface area contributed by atoms with Gasteiger partial charge in [-0.3, -0.25) is 4.99 Å². The van der Waals surface area contributed by atoms with Gasteiger partial charge in [-0.1, -0.05) is 36.4 Å². The van der Waals surface area contributed by atoms with Crippen molar-refractivity contribution in [2.24, 2.45) is 4.99 Å². The predicted molar refractivity (Wildman–Crippen MR) is 90.2 cm³/mol. The molecule has 3 aromatic carbocycles. The largest absolute Gasteiger partial charge is 0.256 e. The lowest BCUT2D eigenvalue weighted by atomic mass is 10.0. The van der Waals surface area contributed by atoms with Crippen molar-refractivity contribution in [1.82, 2.24) is 0 Å². The van der Waals surface area contributed by atoms with E-state index in [2.05, 4.69) is 11.1 Å². The van der Waals surface area contributed by atoms with Crippen molar-refractivity contribution in [3.63, 3.8) is 0 Å². The van der Waals surface area contributed by atoms with E-state index in [1.807, 2.05) is 42.5 Å². The first-order valence-electron chi connectivity index (χ1n) is 7.15. The highest BCUT2D eigenvalue weighted by Gasteiger charge is 1.99. The average Bonchev–Trinajstić information content (AvgIpc) is 2.62.